The second-order valence-electron chi connectivity index (χ2n) is 6.14. The number of hydrogen-bond donors (Lipinski definition) is 1. The molecule has 1 unspecified atom stereocenters. The summed E-state index contributed by atoms with van der Waals surface area (Å²) < 4.78 is 5.19. The van der Waals surface area contributed by atoms with Crippen LogP contribution in [0.5, 0.6) is 5.75 Å². The van der Waals surface area contributed by atoms with Gasteiger partial charge in [0.1, 0.15) is 11.5 Å². The maximum Gasteiger partial charge on any atom is 0.295 e. The van der Waals surface area contributed by atoms with Gasteiger partial charge in [0.25, 0.3) is 11.7 Å². The number of ketones is 1. The highest BCUT2D eigenvalue weighted by Crippen LogP contribution is 2.39. The minimum atomic E-state index is -0.660. The molecule has 3 rings (SSSR count). The number of carbonyl (C=O) groups is 2. The first kappa shape index (κ1) is 17.7. The van der Waals surface area contributed by atoms with Gasteiger partial charge in [-0.1, -0.05) is 49.4 Å². The first-order valence-corrected chi connectivity index (χ1v) is 8.56. The van der Waals surface area contributed by atoms with Crippen LogP contribution in [0.3, 0.4) is 0 Å². The number of aliphatic hydroxyl groups is 1. The van der Waals surface area contributed by atoms with Gasteiger partial charge >= 0.3 is 0 Å². The molecule has 0 radical (unpaired) electrons. The van der Waals surface area contributed by atoms with Gasteiger partial charge in [0, 0.05) is 12.1 Å². The third-order valence-corrected chi connectivity index (χ3v) is 4.46. The van der Waals surface area contributed by atoms with Gasteiger partial charge in [0.15, 0.2) is 0 Å². The van der Waals surface area contributed by atoms with E-state index in [4.69, 9.17) is 4.74 Å². The van der Waals surface area contributed by atoms with E-state index >= 15 is 0 Å². The molecule has 0 aliphatic carbocycles. The molecule has 1 aliphatic heterocycles. The number of Topliss-reactive ketones (excluding diaryl/α,β-unsaturated/α-hetero) is 1. The van der Waals surface area contributed by atoms with Crippen molar-refractivity contribution in [1.82, 2.24) is 4.90 Å². The third-order valence-electron chi connectivity index (χ3n) is 4.46. The van der Waals surface area contributed by atoms with Crippen LogP contribution in [-0.2, 0) is 9.59 Å². The Kier molecular flexibility index (Phi) is 5.07. The molecule has 2 aromatic carbocycles. The Bertz CT molecular complexity index is 857. The average Bonchev–Trinajstić information content (AvgIpc) is 2.93. The largest absolute Gasteiger partial charge is 0.507 e. The molecule has 26 heavy (non-hydrogen) atoms. The number of likely N-dealkylation sites (tertiary alicyclic amines) is 1. The molecular weight excluding hydrogens is 330 g/mol. The van der Waals surface area contributed by atoms with Crippen LogP contribution in [0.2, 0.25) is 0 Å². The smallest absolute Gasteiger partial charge is 0.295 e. The number of hydrogen-bond acceptors (Lipinski definition) is 4. The maximum atomic E-state index is 12.7. The molecule has 2 aromatic rings. The number of nitrogens with zero attached hydrogens (tertiary/aromatic N) is 1. The fourth-order valence-corrected chi connectivity index (χ4v) is 3.26. The predicted molar refractivity (Wildman–Crippen MR) is 98.7 cm³/mol. The van der Waals surface area contributed by atoms with Crippen molar-refractivity contribution >= 4 is 17.4 Å². The third kappa shape index (κ3) is 3.08. The molecule has 1 N–H and O–H groups in total. The summed E-state index contributed by atoms with van der Waals surface area (Å²) in [6.45, 7) is 2.39. The molecule has 5 nitrogen and oxygen atoms in total. The fourth-order valence-electron chi connectivity index (χ4n) is 3.26. The van der Waals surface area contributed by atoms with Crippen molar-refractivity contribution < 1.29 is 19.4 Å². The highest BCUT2D eigenvalue weighted by atomic mass is 16.5. The molecule has 1 atom stereocenters. The van der Waals surface area contributed by atoms with Gasteiger partial charge in [-0.2, -0.15) is 0 Å². The van der Waals surface area contributed by atoms with Gasteiger partial charge in [0.05, 0.1) is 18.7 Å². The highest BCUT2D eigenvalue weighted by molar-refractivity contribution is 6.46. The summed E-state index contributed by atoms with van der Waals surface area (Å²) in [7, 11) is 1.53. The number of amides is 1. The summed E-state index contributed by atoms with van der Waals surface area (Å²) >= 11 is 0. The van der Waals surface area contributed by atoms with E-state index in [1.807, 2.05) is 37.3 Å². The van der Waals surface area contributed by atoms with Crippen LogP contribution in [0.25, 0.3) is 5.76 Å². The quantitative estimate of drug-likeness (QED) is 0.508. The molecule has 1 amide bonds. The molecule has 1 heterocycles. The summed E-state index contributed by atoms with van der Waals surface area (Å²) in [6, 6.07) is 15.5. The van der Waals surface area contributed by atoms with Crippen LogP contribution in [-0.4, -0.2) is 35.4 Å². The molecule has 0 spiro atoms. The maximum absolute atomic E-state index is 12.7. The molecule has 1 fully saturated rings. The Hall–Kier alpha value is -3.08. The van der Waals surface area contributed by atoms with Crippen molar-refractivity contribution in [3.05, 3.63) is 71.3 Å². The summed E-state index contributed by atoms with van der Waals surface area (Å²) in [6.07, 6.45) is 0.718. The van der Waals surface area contributed by atoms with Gasteiger partial charge < -0.3 is 14.7 Å². The molecule has 0 saturated carbocycles. The molecule has 1 aliphatic rings. The van der Waals surface area contributed by atoms with Crippen LogP contribution in [0.15, 0.2) is 60.2 Å². The number of aliphatic hydroxyl groups excluding tert-OH is 1. The number of ether oxygens (including phenoxy) is 1. The Morgan fingerprint density at radius 1 is 1.12 bits per heavy atom. The van der Waals surface area contributed by atoms with E-state index in [1.54, 1.807) is 24.3 Å². The minimum Gasteiger partial charge on any atom is -0.507 e. The van der Waals surface area contributed by atoms with Gasteiger partial charge in [0.2, 0.25) is 0 Å². The monoisotopic (exact) mass is 351 g/mol. The lowest BCUT2D eigenvalue weighted by atomic mass is 9.95. The molecule has 1 saturated heterocycles. The van der Waals surface area contributed by atoms with E-state index in [-0.39, 0.29) is 11.3 Å². The second-order valence-corrected chi connectivity index (χ2v) is 6.14. The molecule has 134 valence electrons. The van der Waals surface area contributed by atoms with Crippen molar-refractivity contribution in [2.24, 2.45) is 0 Å². The zero-order valence-corrected chi connectivity index (χ0v) is 14.8. The first-order valence-electron chi connectivity index (χ1n) is 8.56. The van der Waals surface area contributed by atoms with E-state index < -0.39 is 17.7 Å². The Morgan fingerprint density at radius 2 is 1.85 bits per heavy atom. The highest BCUT2D eigenvalue weighted by Gasteiger charge is 2.45. The SMILES string of the molecule is CCCN1C(=O)C(=O)/C(=C(\O)c2cccc(OC)c2)C1c1ccccc1. The topological polar surface area (TPSA) is 66.8 Å². The zero-order valence-electron chi connectivity index (χ0n) is 14.8. The summed E-state index contributed by atoms with van der Waals surface area (Å²) in [4.78, 5) is 26.8. The van der Waals surface area contributed by atoms with Gasteiger partial charge in [-0.05, 0) is 24.1 Å². The molecule has 5 heteroatoms. The lowest BCUT2D eigenvalue weighted by molar-refractivity contribution is -0.139. The van der Waals surface area contributed by atoms with Crippen molar-refractivity contribution in [3.63, 3.8) is 0 Å². The summed E-state index contributed by atoms with van der Waals surface area (Å²) in [5.74, 6) is -0.861. The summed E-state index contributed by atoms with van der Waals surface area (Å²) in [5, 5.41) is 10.9. The molecular formula is C21H21NO4. The predicted octanol–water partition coefficient (Wildman–Crippen LogP) is 3.53. The van der Waals surface area contributed by atoms with Crippen molar-refractivity contribution in [3.8, 4) is 5.75 Å². The summed E-state index contributed by atoms with van der Waals surface area (Å²) in [5.41, 5.74) is 1.35. The molecule has 0 bridgehead atoms. The number of benzene rings is 2. The van der Waals surface area contributed by atoms with E-state index in [1.165, 1.54) is 12.0 Å². The van der Waals surface area contributed by atoms with Gasteiger partial charge in [-0.15, -0.1) is 0 Å². The number of carbonyl (C=O) groups excluding carboxylic acids is 2. The minimum absolute atomic E-state index is 0.114. The van der Waals surface area contributed by atoms with E-state index in [2.05, 4.69) is 0 Å². The Labute approximate surface area is 152 Å². The average molecular weight is 351 g/mol. The Morgan fingerprint density at radius 3 is 2.50 bits per heavy atom. The van der Waals surface area contributed by atoms with Crippen LogP contribution < -0.4 is 4.74 Å². The second kappa shape index (κ2) is 7.44. The van der Waals surface area contributed by atoms with Crippen molar-refractivity contribution in [2.45, 2.75) is 19.4 Å². The van der Waals surface area contributed by atoms with Crippen LogP contribution >= 0.6 is 0 Å². The first-order chi connectivity index (χ1) is 12.6. The van der Waals surface area contributed by atoms with Crippen LogP contribution in [0.4, 0.5) is 0 Å². The van der Waals surface area contributed by atoms with Crippen molar-refractivity contribution in [1.29, 1.82) is 0 Å². The fraction of sp³-hybridized carbons (Fsp3) is 0.238. The number of methoxy groups -OCH3 is 1. The van der Waals surface area contributed by atoms with Gasteiger partial charge in [-0.3, -0.25) is 9.59 Å². The van der Waals surface area contributed by atoms with Crippen molar-refractivity contribution in [2.75, 3.05) is 13.7 Å². The molecule has 0 aromatic heterocycles. The van der Waals surface area contributed by atoms with Gasteiger partial charge in [-0.25, -0.2) is 0 Å². The van der Waals surface area contributed by atoms with E-state index in [0.29, 0.717) is 17.9 Å². The standard InChI is InChI=1S/C21H21NO4/c1-3-12-22-18(14-8-5-4-6-9-14)17(20(24)21(22)25)19(23)15-10-7-11-16(13-15)26-2/h4-11,13,18,23H,3,12H2,1-2H3/b19-17-. The normalized spacial score (nSPS) is 19.0. The number of rotatable bonds is 5. The van der Waals surface area contributed by atoms with E-state index in [9.17, 15) is 14.7 Å². The Balaban J connectivity index is 2.18. The lowest BCUT2D eigenvalue weighted by Crippen LogP contribution is -2.30. The van der Waals surface area contributed by atoms with E-state index in [0.717, 1.165) is 12.0 Å². The van der Waals surface area contributed by atoms with Crippen LogP contribution in [0, 0.1) is 0 Å². The zero-order chi connectivity index (χ0) is 18.7. The lowest BCUT2D eigenvalue weighted by Gasteiger charge is -2.24. The van der Waals surface area contributed by atoms with Crippen LogP contribution in [0.1, 0.15) is 30.5 Å².